The van der Waals surface area contributed by atoms with Gasteiger partial charge >= 0.3 is 11.7 Å². The van der Waals surface area contributed by atoms with Crippen LogP contribution in [0.2, 0.25) is 0 Å². The molecule has 154 valence electrons. The summed E-state index contributed by atoms with van der Waals surface area (Å²) in [6, 6.07) is 4.40. The van der Waals surface area contributed by atoms with E-state index in [0.29, 0.717) is 5.69 Å². The molecule has 1 aromatic carbocycles. The van der Waals surface area contributed by atoms with Crippen LogP contribution >= 0.6 is 0 Å². The minimum atomic E-state index is -0.831. The van der Waals surface area contributed by atoms with Gasteiger partial charge in [-0.25, -0.2) is 23.5 Å². The topological polar surface area (TPSA) is 97.4 Å². The number of aromatic nitrogens is 4. The van der Waals surface area contributed by atoms with Crippen molar-refractivity contribution < 1.29 is 18.7 Å². The lowest BCUT2D eigenvalue weighted by atomic mass is 10.3. The minimum Gasteiger partial charge on any atom is -0.464 e. The number of hydrogen-bond acceptors (Lipinski definition) is 6. The molecule has 0 amide bonds. The number of methoxy groups -OCH3 is 1. The van der Waals surface area contributed by atoms with Gasteiger partial charge in [-0.3, -0.25) is 9.36 Å². The zero-order valence-corrected chi connectivity index (χ0v) is 16.3. The van der Waals surface area contributed by atoms with Crippen molar-refractivity contribution in [2.24, 2.45) is 0 Å². The molecule has 9 nitrogen and oxygen atoms in total. The number of carbonyl (C=O) groups is 1. The molecule has 0 bridgehead atoms. The normalized spacial score (nSPS) is 12.3. The second-order valence-corrected chi connectivity index (χ2v) is 6.30. The van der Waals surface area contributed by atoms with E-state index in [-0.39, 0.29) is 30.9 Å². The molecule has 0 radical (unpaired) electrons. The SMILES string of the molecule is CCOC(=O)[C@H](C)n1cnc2c1c(=O)n(CCOC)c(=O)n2-c1ccc(F)cc1. The molecule has 0 saturated carbocycles. The van der Waals surface area contributed by atoms with Crippen LogP contribution in [0.4, 0.5) is 4.39 Å². The molecule has 0 fully saturated rings. The van der Waals surface area contributed by atoms with Crippen molar-refractivity contribution >= 4 is 17.1 Å². The maximum Gasteiger partial charge on any atom is 0.337 e. The largest absolute Gasteiger partial charge is 0.464 e. The number of nitrogens with zero attached hydrogens (tertiary/aromatic N) is 4. The van der Waals surface area contributed by atoms with Gasteiger partial charge in [-0.15, -0.1) is 0 Å². The van der Waals surface area contributed by atoms with E-state index in [9.17, 15) is 18.8 Å². The lowest BCUT2D eigenvalue weighted by molar-refractivity contribution is -0.146. The van der Waals surface area contributed by atoms with Gasteiger partial charge in [0.1, 0.15) is 11.9 Å². The predicted octanol–water partition coefficient (Wildman–Crippen LogP) is 1.26. The molecule has 0 aliphatic rings. The standard InChI is InChI=1S/C19H21FN4O5/c1-4-29-18(26)12(2)23-11-21-16-15(23)17(25)22(9-10-28-3)19(27)24(16)14-7-5-13(20)6-8-14/h5-8,11-12H,4,9-10H2,1-3H3/t12-/m0/s1. The Bertz CT molecular complexity index is 1150. The van der Waals surface area contributed by atoms with Crippen molar-refractivity contribution in [1.29, 1.82) is 0 Å². The predicted molar refractivity (Wildman–Crippen MR) is 103 cm³/mol. The molecule has 3 aromatic rings. The minimum absolute atomic E-state index is 0.00423. The van der Waals surface area contributed by atoms with Gasteiger partial charge in [0.15, 0.2) is 11.2 Å². The van der Waals surface area contributed by atoms with Gasteiger partial charge in [-0.05, 0) is 38.1 Å². The summed E-state index contributed by atoms with van der Waals surface area (Å²) in [5.41, 5.74) is -0.780. The highest BCUT2D eigenvalue weighted by molar-refractivity contribution is 5.79. The van der Waals surface area contributed by atoms with E-state index in [2.05, 4.69) is 4.98 Å². The monoisotopic (exact) mass is 404 g/mol. The van der Waals surface area contributed by atoms with E-state index < -0.39 is 29.1 Å². The smallest absolute Gasteiger partial charge is 0.337 e. The van der Waals surface area contributed by atoms with Crippen LogP contribution < -0.4 is 11.2 Å². The highest BCUT2D eigenvalue weighted by Gasteiger charge is 2.24. The third-order valence-electron chi connectivity index (χ3n) is 4.50. The first kappa shape index (κ1) is 20.5. The molecule has 2 heterocycles. The fourth-order valence-electron chi connectivity index (χ4n) is 3.02. The lowest BCUT2D eigenvalue weighted by Gasteiger charge is -2.15. The number of esters is 1. The summed E-state index contributed by atoms with van der Waals surface area (Å²) in [7, 11) is 1.45. The van der Waals surface area contributed by atoms with Crippen LogP contribution in [0, 0.1) is 5.82 Å². The van der Waals surface area contributed by atoms with Gasteiger partial charge in [0.25, 0.3) is 5.56 Å². The van der Waals surface area contributed by atoms with E-state index in [1.165, 1.54) is 46.8 Å². The fraction of sp³-hybridized carbons (Fsp3) is 0.368. The Hall–Kier alpha value is -3.27. The van der Waals surface area contributed by atoms with Gasteiger partial charge in [0.05, 0.1) is 31.8 Å². The molecule has 0 spiro atoms. The molecule has 2 aromatic heterocycles. The van der Waals surface area contributed by atoms with Crippen molar-refractivity contribution in [3.8, 4) is 5.69 Å². The first-order chi connectivity index (χ1) is 13.9. The third kappa shape index (κ3) is 3.70. The number of imidazole rings is 1. The van der Waals surface area contributed by atoms with Crippen LogP contribution in [0.15, 0.2) is 40.2 Å². The number of fused-ring (bicyclic) bond motifs is 1. The summed E-state index contributed by atoms with van der Waals surface area (Å²) >= 11 is 0. The van der Waals surface area contributed by atoms with E-state index in [1.54, 1.807) is 13.8 Å². The van der Waals surface area contributed by atoms with Crippen molar-refractivity contribution in [1.82, 2.24) is 18.7 Å². The molecule has 1 atom stereocenters. The van der Waals surface area contributed by atoms with Crippen molar-refractivity contribution in [2.75, 3.05) is 20.3 Å². The van der Waals surface area contributed by atoms with E-state index in [4.69, 9.17) is 9.47 Å². The number of halogens is 1. The molecular weight excluding hydrogens is 383 g/mol. The molecule has 0 aliphatic carbocycles. The summed E-state index contributed by atoms with van der Waals surface area (Å²) in [5, 5.41) is 0. The van der Waals surface area contributed by atoms with E-state index in [1.807, 2.05) is 0 Å². The van der Waals surface area contributed by atoms with Gasteiger partial charge in [-0.1, -0.05) is 0 Å². The Morgan fingerprint density at radius 2 is 1.93 bits per heavy atom. The number of hydrogen-bond donors (Lipinski definition) is 0. The Kier molecular flexibility index (Phi) is 5.92. The maximum absolute atomic E-state index is 13.4. The van der Waals surface area contributed by atoms with Gasteiger partial charge < -0.3 is 14.0 Å². The van der Waals surface area contributed by atoms with Gasteiger partial charge in [0.2, 0.25) is 0 Å². The molecule has 0 aliphatic heterocycles. The van der Waals surface area contributed by atoms with Gasteiger partial charge in [0, 0.05) is 7.11 Å². The molecule has 3 rings (SSSR count). The Morgan fingerprint density at radius 3 is 2.55 bits per heavy atom. The van der Waals surface area contributed by atoms with E-state index >= 15 is 0 Å². The van der Waals surface area contributed by atoms with Crippen LogP contribution in [0.3, 0.4) is 0 Å². The first-order valence-corrected chi connectivity index (χ1v) is 9.04. The summed E-state index contributed by atoms with van der Waals surface area (Å²) in [4.78, 5) is 42.5. The molecule has 10 heteroatoms. The number of benzene rings is 1. The number of ether oxygens (including phenoxy) is 2. The Balaban J connectivity index is 2.33. The quantitative estimate of drug-likeness (QED) is 0.550. The van der Waals surface area contributed by atoms with Crippen molar-refractivity contribution in [3.63, 3.8) is 0 Å². The summed E-state index contributed by atoms with van der Waals surface area (Å²) < 4.78 is 27.0. The van der Waals surface area contributed by atoms with Gasteiger partial charge in [-0.2, -0.15) is 0 Å². The van der Waals surface area contributed by atoms with Crippen molar-refractivity contribution in [3.05, 3.63) is 57.2 Å². The summed E-state index contributed by atoms with van der Waals surface area (Å²) in [6.45, 7) is 3.58. The fourth-order valence-corrected chi connectivity index (χ4v) is 3.02. The number of rotatable bonds is 7. The number of carbonyl (C=O) groups excluding carboxylic acids is 1. The molecule has 0 N–H and O–H groups in total. The molecule has 29 heavy (non-hydrogen) atoms. The lowest BCUT2D eigenvalue weighted by Crippen LogP contribution is -2.41. The van der Waals surface area contributed by atoms with Crippen LogP contribution in [0.1, 0.15) is 19.9 Å². The van der Waals surface area contributed by atoms with Crippen LogP contribution in [-0.4, -0.2) is 45.0 Å². The summed E-state index contributed by atoms with van der Waals surface area (Å²) in [6.07, 6.45) is 1.31. The zero-order valence-electron chi connectivity index (χ0n) is 16.3. The average Bonchev–Trinajstić information content (AvgIpc) is 3.14. The summed E-state index contributed by atoms with van der Waals surface area (Å²) in [5.74, 6) is -0.999. The van der Waals surface area contributed by atoms with E-state index in [0.717, 1.165) is 4.57 Å². The highest BCUT2D eigenvalue weighted by atomic mass is 19.1. The molecule has 0 unspecified atom stereocenters. The Morgan fingerprint density at radius 1 is 1.24 bits per heavy atom. The Labute approximate surface area is 164 Å². The second kappa shape index (κ2) is 8.39. The van der Waals surface area contributed by atoms with Crippen molar-refractivity contribution in [2.45, 2.75) is 26.4 Å². The molecule has 0 saturated heterocycles. The first-order valence-electron chi connectivity index (χ1n) is 9.04. The highest BCUT2D eigenvalue weighted by Crippen LogP contribution is 2.18. The average molecular weight is 404 g/mol. The van der Waals surface area contributed by atoms with Crippen LogP contribution in [0.5, 0.6) is 0 Å². The maximum atomic E-state index is 13.4. The second-order valence-electron chi connectivity index (χ2n) is 6.30. The third-order valence-corrected chi connectivity index (χ3v) is 4.50. The zero-order chi connectivity index (χ0) is 21.1. The van der Waals surface area contributed by atoms with Crippen LogP contribution in [0.25, 0.3) is 16.9 Å². The molecular formula is C19H21FN4O5. The van der Waals surface area contributed by atoms with Crippen LogP contribution in [-0.2, 0) is 20.8 Å².